The summed E-state index contributed by atoms with van der Waals surface area (Å²) in [7, 11) is 1.73. The van der Waals surface area contributed by atoms with E-state index in [9.17, 15) is 4.79 Å². The Morgan fingerprint density at radius 3 is 2.94 bits per heavy atom. The molecule has 0 aliphatic rings. The Kier molecular flexibility index (Phi) is 3.07. The fourth-order valence-electron chi connectivity index (χ4n) is 1.13. The molecule has 2 aromatic heterocycles. The number of nitrogens with two attached hydrogens (primary N) is 1. The number of hydrogen-bond donors (Lipinski definition) is 3. The molecular weight excluding hydrogens is 244 g/mol. The summed E-state index contributed by atoms with van der Waals surface area (Å²) < 4.78 is 0. The molecule has 0 bridgehead atoms. The number of rotatable bonds is 3. The Bertz CT molecular complexity index is 492. The Morgan fingerprint density at radius 1 is 1.56 bits per heavy atom. The van der Waals surface area contributed by atoms with Crippen molar-refractivity contribution in [1.82, 2.24) is 4.98 Å². The lowest BCUT2D eigenvalue weighted by atomic mass is 10.4. The Labute approximate surface area is 100 Å². The number of aromatic nitrogens is 1. The summed E-state index contributed by atoms with van der Waals surface area (Å²) in [6, 6.07) is 1.83. The van der Waals surface area contributed by atoms with E-state index in [1.54, 1.807) is 7.05 Å². The van der Waals surface area contributed by atoms with Gasteiger partial charge in [-0.05, 0) is 11.4 Å². The van der Waals surface area contributed by atoms with E-state index in [1.165, 1.54) is 22.7 Å². The third-order valence-electron chi connectivity index (χ3n) is 1.85. The van der Waals surface area contributed by atoms with Crippen molar-refractivity contribution in [3.8, 4) is 0 Å². The van der Waals surface area contributed by atoms with Crippen LogP contribution in [0.25, 0.3) is 0 Å². The summed E-state index contributed by atoms with van der Waals surface area (Å²) in [6.45, 7) is 0. The first kappa shape index (κ1) is 10.9. The first-order valence-corrected chi connectivity index (χ1v) is 6.24. The van der Waals surface area contributed by atoms with Crippen LogP contribution in [0.5, 0.6) is 0 Å². The van der Waals surface area contributed by atoms with Crippen molar-refractivity contribution < 1.29 is 4.79 Å². The molecule has 2 rings (SSSR count). The molecule has 0 aromatic carbocycles. The molecular formula is C9H10N4OS2. The van der Waals surface area contributed by atoms with Gasteiger partial charge < -0.3 is 16.4 Å². The molecule has 0 saturated carbocycles. The van der Waals surface area contributed by atoms with Crippen molar-refractivity contribution >= 4 is 45.2 Å². The van der Waals surface area contributed by atoms with Crippen molar-refractivity contribution in [3.05, 3.63) is 21.7 Å². The molecule has 7 heteroatoms. The van der Waals surface area contributed by atoms with Gasteiger partial charge in [-0.3, -0.25) is 4.79 Å². The van der Waals surface area contributed by atoms with Gasteiger partial charge in [-0.1, -0.05) is 11.3 Å². The Morgan fingerprint density at radius 2 is 2.38 bits per heavy atom. The maximum absolute atomic E-state index is 11.8. The Hall–Kier alpha value is -1.60. The molecule has 0 unspecified atom stereocenters. The maximum atomic E-state index is 11.8. The summed E-state index contributed by atoms with van der Waals surface area (Å²) >= 11 is 2.75. The highest BCUT2D eigenvalue weighted by Crippen LogP contribution is 2.25. The van der Waals surface area contributed by atoms with Crippen LogP contribution in [0.2, 0.25) is 0 Å². The summed E-state index contributed by atoms with van der Waals surface area (Å²) in [4.78, 5) is 16.3. The predicted octanol–water partition coefficient (Wildman–Crippen LogP) is 2.08. The van der Waals surface area contributed by atoms with Crippen LogP contribution in [0, 0.1) is 0 Å². The van der Waals surface area contributed by atoms with Crippen LogP contribution < -0.4 is 16.4 Å². The predicted molar refractivity (Wildman–Crippen MR) is 68.3 cm³/mol. The number of anilines is 3. The molecule has 0 fully saturated rings. The van der Waals surface area contributed by atoms with Gasteiger partial charge in [0.05, 0.1) is 5.69 Å². The van der Waals surface area contributed by atoms with Gasteiger partial charge in [0.2, 0.25) is 0 Å². The van der Waals surface area contributed by atoms with Crippen molar-refractivity contribution in [3.63, 3.8) is 0 Å². The van der Waals surface area contributed by atoms with Crippen LogP contribution in [-0.4, -0.2) is 17.9 Å². The second-order valence-electron chi connectivity index (χ2n) is 2.95. The van der Waals surface area contributed by atoms with E-state index in [4.69, 9.17) is 5.73 Å². The fourth-order valence-corrected chi connectivity index (χ4v) is 2.45. The van der Waals surface area contributed by atoms with Crippen LogP contribution >= 0.6 is 22.7 Å². The van der Waals surface area contributed by atoms with Gasteiger partial charge in [0.25, 0.3) is 5.91 Å². The largest absolute Gasteiger partial charge is 0.382 e. The van der Waals surface area contributed by atoms with Crippen molar-refractivity contribution in [2.75, 3.05) is 23.4 Å². The number of carbonyl (C=O) groups excluding carboxylic acids is 1. The van der Waals surface area contributed by atoms with Crippen LogP contribution in [0.1, 0.15) is 9.67 Å². The van der Waals surface area contributed by atoms with Gasteiger partial charge in [0, 0.05) is 12.4 Å². The molecule has 2 heterocycles. The summed E-state index contributed by atoms with van der Waals surface area (Å²) in [5.41, 5.74) is 6.42. The highest BCUT2D eigenvalue weighted by atomic mass is 32.1. The quantitative estimate of drug-likeness (QED) is 0.783. The van der Waals surface area contributed by atoms with Gasteiger partial charge in [-0.15, -0.1) is 0 Å². The zero-order valence-corrected chi connectivity index (χ0v) is 10.1. The van der Waals surface area contributed by atoms with Gasteiger partial charge in [0.15, 0.2) is 5.13 Å². The molecule has 0 saturated heterocycles. The third-order valence-corrected chi connectivity index (χ3v) is 3.62. The highest BCUT2D eigenvalue weighted by molar-refractivity contribution is 7.18. The summed E-state index contributed by atoms with van der Waals surface area (Å²) in [6.07, 6.45) is 0. The maximum Gasteiger partial charge on any atom is 0.269 e. The van der Waals surface area contributed by atoms with Crippen LogP contribution in [0.4, 0.5) is 16.6 Å². The number of nitrogens with one attached hydrogen (secondary N) is 2. The molecule has 4 N–H and O–H groups in total. The number of amides is 1. The topological polar surface area (TPSA) is 80.0 Å². The van der Waals surface area contributed by atoms with Crippen LogP contribution in [0.3, 0.4) is 0 Å². The van der Waals surface area contributed by atoms with Gasteiger partial charge in [0.1, 0.15) is 10.7 Å². The second-order valence-corrected chi connectivity index (χ2v) is 4.73. The number of nitrogen functional groups attached to an aromatic ring is 1. The number of hydrogen-bond acceptors (Lipinski definition) is 6. The molecule has 0 radical (unpaired) electrons. The number of nitrogens with zero attached hydrogens (tertiary/aromatic N) is 1. The lowest BCUT2D eigenvalue weighted by Crippen LogP contribution is -2.11. The van der Waals surface area contributed by atoms with Crippen molar-refractivity contribution in [2.24, 2.45) is 0 Å². The minimum absolute atomic E-state index is 0.227. The van der Waals surface area contributed by atoms with Gasteiger partial charge in [-0.25, -0.2) is 4.98 Å². The molecule has 5 nitrogen and oxygen atoms in total. The van der Waals surface area contributed by atoms with E-state index >= 15 is 0 Å². The normalized spacial score (nSPS) is 10.1. The van der Waals surface area contributed by atoms with E-state index < -0.39 is 0 Å². The average Bonchev–Trinajstić information content (AvgIpc) is 2.87. The molecule has 16 heavy (non-hydrogen) atoms. The highest BCUT2D eigenvalue weighted by Gasteiger charge is 2.15. The molecule has 1 amide bonds. The van der Waals surface area contributed by atoms with E-state index in [-0.39, 0.29) is 11.7 Å². The standard InChI is InChI=1S/C9H10N4OS2/c1-11-9-13-7(10)6(16-9)8(14)12-5-2-3-15-4-5/h2-4H,10H2,1H3,(H,11,13)(H,12,14). The zero-order valence-electron chi connectivity index (χ0n) is 8.48. The molecule has 2 aromatic rings. The van der Waals surface area contributed by atoms with Crippen molar-refractivity contribution in [2.45, 2.75) is 0 Å². The monoisotopic (exact) mass is 254 g/mol. The van der Waals surface area contributed by atoms with E-state index in [1.807, 2.05) is 16.8 Å². The van der Waals surface area contributed by atoms with E-state index in [2.05, 4.69) is 15.6 Å². The van der Waals surface area contributed by atoms with Crippen molar-refractivity contribution in [1.29, 1.82) is 0 Å². The minimum atomic E-state index is -0.227. The van der Waals surface area contributed by atoms with Gasteiger partial charge >= 0.3 is 0 Å². The SMILES string of the molecule is CNc1nc(N)c(C(=O)Nc2ccsc2)s1. The molecule has 0 atom stereocenters. The van der Waals surface area contributed by atoms with Gasteiger partial charge in [-0.2, -0.15) is 11.3 Å². The first-order valence-electron chi connectivity index (χ1n) is 4.48. The molecule has 0 aliphatic heterocycles. The fraction of sp³-hybridized carbons (Fsp3) is 0.111. The van der Waals surface area contributed by atoms with Crippen LogP contribution in [-0.2, 0) is 0 Å². The number of thiazole rings is 1. The smallest absolute Gasteiger partial charge is 0.269 e. The molecule has 0 spiro atoms. The number of thiophene rings is 1. The minimum Gasteiger partial charge on any atom is -0.382 e. The zero-order chi connectivity index (χ0) is 11.5. The second kappa shape index (κ2) is 4.50. The summed E-state index contributed by atoms with van der Waals surface area (Å²) in [5.74, 6) is 0.0250. The average molecular weight is 254 g/mol. The molecule has 84 valence electrons. The first-order chi connectivity index (χ1) is 7.70. The third kappa shape index (κ3) is 2.15. The lowest BCUT2D eigenvalue weighted by Gasteiger charge is -1.99. The van der Waals surface area contributed by atoms with E-state index in [0.717, 1.165) is 5.69 Å². The number of carbonyl (C=O) groups is 1. The molecule has 0 aliphatic carbocycles. The summed E-state index contributed by atoms with van der Waals surface area (Å²) in [5, 5.41) is 9.98. The van der Waals surface area contributed by atoms with E-state index in [0.29, 0.717) is 10.0 Å². The van der Waals surface area contributed by atoms with Crippen LogP contribution in [0.15, 0.2) is 16.8 Å². The lowest BCUT2D eigenvalue weighted by molar-refractivity contribution is 0.103. The Balaban J connectivity index is 2.17.